The lowest BCUT2D eigenvalue weighted by Crippen LogP contribution is -2.50. The highest BCUT2D eigenvalue weighted by Crippen LogP contribution is 2.59. The lowest BCUT2D eigenvalue weighted by atomic mass is 9.84. The van der Waals surface area contributed by atoms with Crippen LogP contribution in [-0.2, 0) is 19.2 Å². The topological polar surface area (TPSA) is 81.2 Å². The monoisotopic (exact) mass is 582 g/mol. The van der Waals surface area contributed by atoms with E-state index >= 15 is 0 Å². The minimum Gasteiger partial charge on any atom is -0.274 e. The summed E-state index contributed by atoms with van der Waals surface area (Å²) in [5.74, 6) is -2.84. The van der Waals surface area contributed by atoms with Gasteiger partial charge in [-0.05, 0) is 49.2 Å². The number of imide groups is 2. The summed E-state index contributed by atoms with van der Waals surface area (Å²) < 4.78 is 0. The number of rotatable bonds is 4. The molecule has 4 saturated heterocycles. The summed E-state index contributed by atoms with van der Waals surface area (Å²) in [7, 11) is 0. The number of anilines is 2. The first-order chi connectivity index (χ1) is 21.4. The zero-order valence-electron chi connectivity index (χ0n) is 24.3. The van der Waals surface area contributed by atoms with Crippen LogP contribution < -0.4 is 9.80 Å². The van der Waals surface area contributed by atoms with Gasteiger partial charge in [0.15, 0.2) is 0 Å². The minimum atomic E-state index is -0.878. The molecule has 0 aromatic heterocycles. The number of carbonyl (C=O) groups is 4. The number of para-hydroxylation sites is 2. The van der Waals surface area contributed by atoms with Gasteiger partial charge < -0.3 is 0 Å². The maximum Gasteiger partial charge on any atom is 0.253 e. The molecule has 8 heteroatoms. The SMILES string of the molecule is Cc1ccc(C2C3C(=O)N(c4ccccc4)C(=O)C3N3C(c4ccc(C)cc4)C4C(=O)N(c5ccccc5)C(=O)C4N23)cc1. The summed E-state index contributed by atoms with van der Waals surface area (Å²) in [6.45, 7) is 3.98. The largest absolute Gasteiger partial charge is 0.274 e. The number of hydrazine groups is 1. The van der Waals surface area contributed by atoms with Crippen molar-refractivity contribution >= 4 is 35.0 Å². The Morgan fingerprint density at radius 2 is 0.750 bits per heavy atom. The first-order valence-corrected chi connectivity index (χ1v) is 14.9. The van der Waals surface area contributed by atoms with E-state index in [-0.39, 0.29) is 23.6 Å². The zero-order valence-corrected chi connectivity index (χ0v) is 24.3. The Labute approximate surface area is 255 Å². The Morgan fingerprint density at radius 1 is 0.409 bits per heavy atom. The molecule has 4 aliphatic heterocycles. The van der Waals surface area contributed by atoms with Gasteiger partial charge in [0.1, 0.15) is 12.1 Å². The fourth-order valence-corrected chi connectivity index (χ4v) is 7.69. The lowest BCUT2D eigenvalue weighted by molar-refractivity contribution is -0.136. The Bertz CT molecular complexity index is 1670. The molecular formula is C36H30N4O4. The number of amides is 4. The molecule has 0 bridgehead atoms. The van der Waals surface area contributed by atoms with Crippen molar-refractivity contribution in [2.24, 2.45) is 11.8 Å². The van der Waals surface area contributed by atoms with E-state index in [0.717, 1.165) is 22.3 Å². The van der Waals surface area contributed by atoms with Crippen molar-refractivity contribution < 1.29 is 19.2 Å². The fourth-order valence-electron chi connectivity index (χ4n) is 7.69. The Morgan fingerprint density at radius 3 is 1.09 bits per heavy atom. The molecule has 6 atom stereocenters. The van der Waals surface area contributed by atoms with Crippen LogP contribution >= 0.6 is 0 Å². The third-order valence-corrected chi connectivity index (χ3v) is 9.59. The molecule has 0 aliphatic carbocycles. The quantitative estimate of drug-likeness (QED) is 0.323. The summed E-state index contributed by atoms with van der Waals surface area (Å²) in [4.78, 5) is 60.2. The van der Waals surface area contributed by atoms with Gasteiger partial charge >= 0.3 is 0 Å². The molecule has 218 valence electrons. The second kappa shape index (κ2) is 9.80. The van der Waals surface area contributed by atoms with Gasteiger partial charge in [0.2, 0.25) is 11.8 Å². The second-order valence-electron chi connectivity index (χ2n) is 12.1. The van der Waals surface area contributed by atoms with Crippen LogP contribution in [0.15, 0.2) is 109 Å². The molecule has 8 rings (SSSR count). The Balaban J connectivity index is 1.34. The average molecular weight is 583 g/mol. The number of benzene rings is 4. The van der Waals surface area contributed by atoms with Crippen LogP contribution in [0.3, 0.4) is 0 Å². The molecule has 4 amide bonds. The van der Waals surface area contributed by atoms with Gasteiger partial charge in [0.05, 0.1) is 35.3 Å². The summed E-state index contributed by atoms with van der Waals surface area (Å²) in [6.07, 6.45) is 0. The molecule has 8 nitrogen and oxygen atoms in total. The first-order valence-electron chi connectivity index (χ1n) is 14.9. The highest BCUT2D eigenvalue weighted by Gasteiger charge is 2.73. The highest BCUT2D eigenvalue weighted by molar-refractivity contribution is 6.26. The van der Waals surface area contributed by atoms with Gasteiger partial charge in [0.25, 0.3) is 11.8 Å². The molecule has 0 saturated carbocycles. The van der Waals surface area contributed by atoms with E-state index in [9.17, 15) is 19.2 Å². The summed E-state index contributed by atoms with van der Waals surface area (Å²) in [5.41, 5.74) is 4.79. The zero-order chi connectivity index (χ0) is 30.3. The van der Waals surface area contributed by atoms with Crippen molar-refractivity contribution in [3.8, 4) is 0 Å². The van der Waals surface area contributed by atoms with Crippen LogP contribution in [0.1, 0.15) is 34.3 Å². The minimum absolute atomic E-state index is 0.304. The van der Waals surface area contributed by atoms with Gasteiger partial charge in [0, 0.05) is 0 Å². The Kier molecular flexibility index (Phi) is 5.95. The number of hydrogen-bond acceptors (Lipinski definition) is 6. The molecule has 4 heterocycles. The van der Waals surface area contributed by atoms with Crippen LogP contribution in [0.4, 0.5) is 11.4 Å². The Hall–Kier alpha value is -4.92. The van der Waals surface area contributed by atoms with Crippen LogP contribution in [0, 0.1) is 25.7 Å². The normalized spacial score (nSPS) is 28.1. The number of fused-ring (bicyclic) bond motifs is 5. The number of nitrogens with zero attached hydrogens (tertiary/aromatic N) is 4. The van der Waals surface area contributed by atoms with Crippen molar-refractivity contribution in [1.82, 2.24) is 10.0 Å². The number of hydrogen-bond donors (Lipinski definition) is 0. The van der Waals surface area contributed by atoms with E-state index < -0.39 is 36.0 Å². The number of aryl methyl sites for hydroxylation is 2. The highest BCUT2D eigenvalue weighted by atomic mass is 16.2. The van der Waals surface area contributed by atoms with Crippen LogP contribution in [0.5, 0.6) is 0 Å². The maximum absolute atomic E-state index is 14.4. The third kappa shape index (κ3) is 3.64. The van der Waals surface area contributed by atoms with Gasteiger partial charge in [-0.15, -0.1) is 0 Å². The molecule has 44 heavy (non-hydrogen) atoms. The number of carbonyl (C=O) groups excluding carboxylic acids is 4. The molecule has 0 N–H and O–H groups in total. The second-order valence-corrected chi connectivity index (χ2v) is 12.1. The third-order valence-electron chi connectivity index (χ3n) is 9.59. The van der Waals surface area contributed by atoms with Gasteiger partial charge in [-0.2, -0.15) is 0 Å². The standard InChI is InChI=1S/C36H30N4O4/c1-21-13-17-23(18-14-21)29-27-31(35(43)37(33(27)41)25-9-5-3-6-10-25)40-30(24-19-15-22(2)16-20-24)28-32(39(29)40)36(44)38(34(28)42)26-11-7-4-8-12-26/h3-20,27-32H,1-2H3. The smallest absolute Gasteiger partial charge is 0.253 e. The van der Waals surface area contributed by atoms with Gasteiger partial charge in [-0.25, -0.2) is 19.8 Å². The van der Waals surface area contributed by atoms with Crippen molar-refractivity contribution in [2.75, 3.05) is 9.80 Å². The van der Waals surface area contributed by atoms with Crippen molar-refractivity contribution in [1.29, 1.82) is 0 Å². The molecule has 4 fully saturated rings. The average Bonchev–Trinajstić information content (AvgIpc) is 3.70. The summed E-state index contributed by atoms with van der Waals surface area (Å²) in [5, 5.41) is 3.83. The summed E-state index contributed by atoms with van der Waals surface area (Å²) in [6, 6.07) is 30.7. The fraction of sp³-hybridized carbons (Fsp3) is 0.222. The van der Waals surface area contributed by atoms with Crippen molar-refractivity contribution in [3.05, 3.63) is 131 Å². The van der Waals surface area contributed by atoms with E-state index in [1.807, 2.05) is 84.5 Å². The first kappa shape index (κ1) is 26.7. The molecular weight excluding hydrogens is 552 g/mol. The van der Waals surface area contributed by atoms with Crippen LogP contribution in [0.2, 0.25) is 0 Å². The van der Waals surface area contributed by atoms with Crippen molar-refractivity contribution in [2.45, 2.75) is 38.0 Å². The lowest BCUT2D eigenvalue weighted by Gasteiger charge is -2.35. The summed E-state index contributed by atoms with van der Waals surface area (Å²) >= 11 is 0. The van der Waals surface area contributed by atoms with E-state index in [1.165, 1.54) is 9.80 Å². The molecule has 4 aromatic carbocycles. The molecule has 4 aliphatic rings. The van der Waals surface area contributed by atoms with Crippen LogP contribution in [-0.4, -0.2) is 45.7 Å². The molecule has 4 aromatic rings. The molecule has 6 unspecified atom stereocenters. The molecule has 0 spiro atoms. The predicted octanol–water partition coefficient (Wildman–Crippen LogP) is 4.75. The van der Waals surface area contributed by atoms with Gasteiger partial charge in [-0.3, -0.25) is 19.2 Å². The van der Waals surface area contributed by atoms with E-state index in [4.69, 9.17) is 0 Å². The predicted molar refractivity (Wildman–Crippen MR) is 164 cm³/mol. The van der Waals surface area contributed by atoms with E-state index in [1.54, 1.807) is 48.5 Å². The van der Waals surface area contributed by atoms with Crippen LogP contribution in [0.25, 0.3) is 0 Å². The molecule has 0 radical (unpaired) electrons. The van der Waals surface area contributed by atoms with Crippen molar-refractivity contribution in [3.63, 3.8) is 0 Å². The van der Waals surface area contributed by atoms with Gasteiger partial charge in [-0.1, -0.05) is 96.1 Å². The van der Waals surface area contributed by atoms with E-state index in [0.29, 0.717) is 11.4 Å². The maximum atomic E-state index is 14.4. The van der Waals surface area contributed by atoms with E-state index in [2.05, 4.69) is 0 Å².